The molecule has 0 fully saturated rings. The first-order valence-corrected chi connectivity index (χ1v) is 17.5. The molecular formula is C43H29NS2. The highest BCUT2D eigenvalue weighted by atomic mass is 32.1. The third-order valence-corrected chi connectivity index (χ3v) is 12.4. The second-order valence-electron chi connectivity index (χ2n) is 12.9. The lowest BCUT2D eigenvalue weighted by Crippen LogP contribution is -2.16. The van der Waals surface area contributed by atoms with Crippen molar-refractivity contribution in [3.63, 3.8) is 0 Å². The van der Waals surface area contributed by atoms with Crippen LogP contribution in [0.3, 0.4) is 0 Å². The van der Waals surface area contributed by atoms with E-state index in [2.05, 4.69) is 158 Å². The summed E-state index contributed by atoms with van der Waals surface area (Å²) in [6, 6.07) is 52.0. The van der Waals surface area contributed by atoms with Gasteiger partial charge in [-0.3, -0.25) is 0 Å². The van der Waals surface area contributed by atoms with Crippen LogP contribution >= 0.6 is 22.7 Å². The monoisotopic (exact) mass is 623 g/mol. The van der Waals surface area contributed by atoms with E-state index in [0.717, 1.165) is 0 Å². The normalized spacial score (nSPS) is 13.6. The standard InChI is InChI=1S/C43H29NS2/c1-43(2)35-14-7-5-13-34(35)41-36(43)15-9-16-37(41)44(27-19-22-31-30-12-6-8-17-38(30)45-39(31)24-27)28-20-23-32-33-21-18-26-10-3-4-11-29(26)42(33)46-40(32)25-28/h3-25H,1-2H3. The maximum atomic E-state index is 2.50. The Bertz CT molecular complexity index is 2690. The Kier molecular flexibility index (Phi) is 5.44. The molecule has 2 aromatic heterocycles. The highest BCUT2D eigenvalue weighted by molar-refractivity contribution is 7.27. The minimum atomic E-state index is -0.0699. The zero-order chi connectivity index (χ0) is 30.6. The molecule has 1 nitrogen and oxygen atoms in total. The summed E-state index contributed by atoms with van der Waals surface area (Å²) in [6.07, 6.45) is 0. The molecule has 0 saturated heterocycles. The summed E-state index contributed by atoms with van der Waals surface area (Å²) >= 11 is 3.79. The van der Waals surface area contributed by atoms with Gasteiger partial charge in [-0.25, -0.2) is 0 Å². The molecule has 1 aliphatic rings. The van der Waals surface area contributed by atoms with Gasteiger partial charge in [-0.1, -0.05) is 117 Å². The van der Waals surface area contributed by atoms with Crippen LogP contribution in [0, 0.1) is 0 Å². The fourth-order valence-electron chi connectivity index (χ4n) is 7.83. The Balaban J connectivity index is 1.25. The summed E-state index contributed by atoms with van der Waals surface area (Å²) < 4.78 is 5.31. The van der Waals surface area contributed by atoms with E-state index in [1.807, 2.05) is 22.7 Å². The van der Waals surface area contributed by atoms with Crippen molar-refractivity contribution < 1.29 is 0 Å². The molecule has 0 aliphatic heterocycles. The van der Waals surface area contributed by atoms with Crippen LogP contribution in [-0.2, 0) is 5.41 Å². The smallest absolute Gasteiger partial charge is 0.0543 e. The van der Waals surface area contributed by atoms with Gasteiger partial charge in [0.15, 0.2) is 0 Å². The molecule has 0 radical (unpaired) electrons. The van der Waals surface area contributed by atoms with E-state index in [1.165, 1.54) is 90.4 Å². The molecule has 46 heavy (non-hydrogen) atoms. The van der Waals surface area contributed by atoms with E-state index < -0.39 is 0 Å². The van der Waals surface area contributed by atoms with Crippen LogP contribution in [-0.4, -0.2) is 0 Å². The van der Waals surface area contributed by atoms with E-state index in [0.29, 0.717) is 0 Å². The average molecular weight is 624 g/mol. The third-order valence-electron chi connectivity index (χ3n) is 10.1. The number of benzene rings is 7. The molecule has 218 valence electrons. The van der Waals surface area contributed by atoms with Crippen LogP contribution in [0.5, 0.6) is 0 Å². The lowest BCUT2D eigenvalue weighted by molar-refractivity contribution is 0.660. The van der Waals surface area contributed by atoms with Gasteiger partial charge in [0.25, 0.3) is 0 Å². The minimum Gasteiger partial charge on any atom is -0.310 e. The van der Waals surface area contributed by atoms with Gasteiger partial charge in [-0.05, 0) is 63.9 Å². The molecule has 0 amide bonds. The summed E-state index contributed by atoms with van der Waals surface area (Å²) in [5, 5.41) is 7.92. The van der Waals surface area contributed by atoms with Gasteiger partial charge in [0.1, 0.15) is 0 Å². The van der Waals surface area contributed by atoms with Crippen molar-refractivity contribution in [2.24, 2.45) is 0 Å². The largest absolute Gasteiger partial charge is 0.310 e. The first kappa shape index (κ1) is 26.3. The van der Waals surface area contributed by atoms with E-state index in [1.54, 1.807) is 0 Å². The van der Waals surface area contributed by atoms with Gasteiger partial charge in [-0.2, -0.15) is 0 Å². The molecule has 2 heterocycles. The number of nitrogens with zero attached hydrogens (tertiary/aromatic N) is 1. The molecule has 1 aliphatic carbocycles. The number of rotatable bonds is 3. The Morgan fingerprint density at radius 3 is 1.96 bits per heavy atom. The van der Waals surface area contributed by atoms with Crippen molar-refractivity contribution in [3.05, 3.63) is 151 Å². The van der Waals surface area contributed by atoms with E-state index in [9.17, 15) is 0 Å². The maximum absolute atomic E-state index is 2.50. The highest BCUT2D eigenvalue weighted by Gasteiger charge is 2.37. The Labute approximate surface area is 275 Å². The fourth-order valence-corrected chi connectivity index (χ4v) is 10.2. The zero-order valence-electron chi connectivity index (χ0n) is 25.5. The van der Waals surface area contributed by atoms with Crippen molar-refractivity contribution in [3.8, 4) is 11.1 Å². The van der Waals surface area contributed by atoms with Crippen molar-refractivity contribution >= 4 is 90.9 Å². The number of hydrogen-bond donors (Lipinski definition) is 0. The molecule has 0 N–H and O–H groups in total. The Morgan fingerprint density at radius 1 is 0.478 bits per heavy atom. The SMILES string of the molecule is CC1(C)c2ccccc2-c2c(N(c3ccc4c(c3)sc3ccccc34)c3ccc4c(c3)sc3c5ccccc5ccc43)cccc21. The maximum Gasteiger partial charge on any atom is 0.0543 e. The second kappa shape index (κ2) is 9.53. The van der Waals surface area contributed by atoms with Crippen molar-refractivity contribution in [2.75, 3.05) is 4.90 Å². The van der Waals surface area contributed by atoms with Crippen LogP contribution in [0.4, 0.5) is 17.1 Å². The summed E-state index contributed by atoms with van der Waals surface area (Å²) in [7, 11) is 0. The van der Waals surface area contributed by atoms with Crippen molar-refractivity contribution in [2.45, 2.75) is 19.3 Å². The first-order chi connectivity index (χ1) is 22.6. The Morgan fingerprint density at radius 2 is 1.11 bits per heavy atom. The molecule has 0 spiro atoms. The predicted octanol–water partition coefficient (Wildman–Crippen LogP) is 13.4. The van der Waals surface area contributed by atoms with Gasteiger partial charge in [0.2, 0.25) is 0 Å². The van der Waals surface area contributed by atoms with E-state index in [-0.39, 0.29) is 5.41 Å². The number of fused-ring (bicyclic) bond motifs is 11. The summed E-state index contributed by atoms with van der Waals surface area (Å²) in [4.78, 5) is 2.50. The number of hydrogen-bond acceptors (Lipinski definition) is 3. The molecule has 3 heteroatoms. The fraction of sp³-hybridized carbons (Fsp3) is 0.0698. The van der Waals surface area contributed by atoms with Gasteiger partial charge >= 0.3 is 0 Å². The van der Waals surface area contributed by atoms with Crippen LogP contribution in [0.25, 0.3) is 62.2 Å². The van der Waals surface area contributed by atoms with Crippen LogP contribution in [0.15, 0.2) is 140 Å². The molecule has 0 bridgehead atoms. The lowest BCUT2D eigenvalue weighted by Gasteiger charge is -2.29. The van der Waals surface area contributed by atoms with E-state index >= 15 is 0 Å². The predicted molar refractivity (Wildman–Crippen MR) is 202 cm³/mol. The minimum absolute atomic E-state index is 0.0699. The Hall–Kier alpha value is -4.96. The summed E-state index contributed by atoms with van der Waals surface area (Å²) in [5.41, 5.74) is 8.96. The zero-order valence-corrected chi connectivity index (χ0v) is 27.2. The van der Waals surface area contributed by atoms with Gasteiger partial charge < -0.3 is 4.90 Å². The molecule has 9 aromatic rings. The van der Waals surface area contributed by atoms with Gasteiger partial charge in [0, 0.05) is 62.7 Å². The summed E-state index contributed by atoms with van der Waals surface area (Å²) in [6.45, 7) is 4.73. The highest BCUT2D eigenvalue weighted by Crippen LogP contribution is 2.54. The van der Waals surface area contributed by atoms with Crippen LogP contribution < -0.4 is 4.90 Å². The van der Waals surface area contributed by atoms with Crippen LogP contribution in [0.1, 0.15) is 25.0 Å². The van der Waals surface area contributed by atoms with Crippen molar-refractivity contribution in [1.29, 1.82) is 0 Å². The number of thiophene rings is 2. The first-order valence-electron chi connectivity index (χ1n) is 15.9. The topological polar surface area (TPSA) is 3.24 Å². The molecular weight excluding hydrogens is 595 g/mol. The molecule has 10 rings (SSSR count). The molecule has 7 aromatic carbocycles. The van der Waals surface area contributed by atoms with Crippen molar-refractivity contribution in [1.82, 2.24) is 0 Å². The molecule has 0 saturated carbocycles. The molecule has 0 atom stereocenters. The number of anilines is 3. The van der Waals surface area contributed by atoms with E-state index in [4.69, 9.17) is 0 Å². The molecule has 0 unspecified atom stereocenters. The van der Waals surface area contributed by atoms with Crippen LogP contribution in [0.2, 0.25) is 0 Å². The quantitative estimate of drug-likeness (QED) is 0.189. The van der Waals surface area contributed by atoms with Gasteiger partial charge in [-0.15, -0.1) is 22.7 Å². The summed E-state index contributed by atoms with van der Waals surface area (Å²) in [5.74, 6) is 0. The third kappa shape index (κ3) is 3.61. The lowest BCUT2D eigenvalue weighted by atomic mass is 9.82. The average Bonchev–Trinajstić information content (AvgIpc) is 3.73. The van der Waals surface area contributed by atoms with Gasteiger partial charge in [0.05, 0.1) is 5.69 Å². The second-order valence-corrected chi connectivity index (χ2v) is 15.1.